The van der Waals surface area contributed by atoms with Crippen molar-refractivity contribution in [2.24, 2.45) is 5.84 Å². The molecule has 0 atom stereocenters. The summed E-state index contributed by atoms with van der Waals surface area (Å²) in [6.45, 7) is -1.25. The summed E-state index contributed by atoms with van der Waals surface area (Å²) in [6.07, 6.45) is -2.84. The number of fused-ring (bicyclic) bond motifs is 1. The summed E-state index contributed by atoms with van der Waals surface area (Å²) in [7, 11) is 1.62. The molecule has 0 aliphatic rings. The quantitative estimate of drug-likeness (QED) is 0.216. The zero-order valence-electron chi connectivity index (χ0n) is 17.9. The molecule has 5 N–H and O–H groups in total. The minimum absolute atomic E-state index is 0.00304. The molecule has 0 saturated carbocycles. The maximum absolute atomic E-state index is 13.7. The summed E-state index contributed by atoms with van der Waals surface area (Å²) in [6, 6.07) is 14.6. The predicted octanol–water partition coefficient (Wildman–Crippen LogP) is 4.57. The number of nitrogen functional groups attached to an aromatic ring is 1. The maximum Gasteiger partial charge on any atom is 0.405 e. The second-order valence-electron chi connectivity index (χ2n) is 7.64. The lowest BCUT2D eigenvalue weighted by Gasteiger charge is -2.18. The zero-order chi connectivity index (χ0) is 24.6. The number of aromatic nitrogens is 2. The number of benzene rings is 2. The topological polar surface area (TPSA) is 102 Å². The number of nitrogens with zero attached hydrogens (tertiary/aromatic N) is 3. The molecule has 0 aliphatic carbocycles. The molecule has 0 fully saturated rings. The molecule has 2 aromatic carbocycles. The van der Waals surface area contributed by atoms with E-state index >= 15 is 0 Å². The highest BCUT2D eigenvalue weighted by Gasteiger charge is 2.27. The molecule has 0 radical (unpaired) electrons. The Labute approximate surface area is 197 Å². The molecule has 34 heavy (non-hydrogen) atoms. The number of nitrogens with two attached hydrogens (primary N) is 2. The van der Waals surface area contributed by atoms with Crippen LogP contribution < -0.4 is 27.5 Å². The van der Waals surface area contributed by atoms with Crippen LogP contribution >= 0.6 is 11.6 Å². The number of hydrogen-bond acceptors (Lipinski definition) is 6. The van der Waals surface area contributed by atoms with Gasteiger partial charge in [0.25, 0.3) is 5.56 Å². The maximum atomic E-state index is 13.7. The predicted molar refractivity (Wildman–Crippen MR) is 129 cm³/mol. The number of anilines is 3. The van der Waals surface area contributed by atoms with E-state index in [1.807, 2.05) is 0 Å². The van der Waals surface area contributed by atoms with Gasteiger partial charge in [-0.15, -0.1) is 0 Å². The number of nitrogens with one attached hydrogen (secondary N) is 1. The van der Waals surface area contributed by atoms with Crippen LogP contribution in [-0.2, 0) is 0 Å². The van der Waals surface area contributed by atoms with Crippen molar-refractivity contribution in [1.29, 1.82) is 0 Å². The lowest BCUT2D eigenvalue weighted by atomic mass is 10.0. The van der Waals surface area contributed by atoms with Gasteiger partial charge < -0.3 is 16.1 Å². The van der Waals surface area contributed by atoms with Gasteiger partial charge >= 0.3 is 6.18 Å². The van der Waals surface area contributed by atoms with Crippen molar-refractivity contribution in [2.75, 3.05) is 29.7 Å². The van der Waals surface area contributed by atoms with Crippen molar-refractivity contribution in [1.82, 2.24) is 9.55 Å². The summed E-state index contributed by atoms with van der Waals surface area (Å²) in [4.78, 5) is 18.0. The molecule has 11 heteroatoms. The fourth-order valence-corrected chi connectivity index (χ4v) is 3.66. The number of halogens is 4. The highest BCUT2D eigenvalue weighted by Crippen LogP contribution is 2.29. The Morgan fingerprint density at radius 3 is 2.47 bits per heavy atom. The van der Waals surface area contributed by atoms with Crippen LogP contribution in [0.25, 0.3) is 27.7 Å². The van der Waals surface area contributed by atoms with Crippen molar-refractivity contribution in [3.05, 3.63) is 76.2 Å². The third-order valence-electron chi connectivity index (χ3n) is 5.14. The van der Waals surface area contributed by atoms with Gasteiger partial charge in [0, 0.05) is 23.7 Å². The van der Waals surface area contributed by atoms with Crippen LogP contribution in [0.4, 0.5) is 30.4 Å². The van der Waals surface area contributed by atoms with Crippen LogP contribution in [0.3, 0.4) is 0 Å². The summed E-state index contributed by atoms with van der Waals surface area (Å²) in [5.74, 6) is 5.85. The second-order valence-corrected chi connectivity index (χ2v) is 8.08. The van der Waals surface area contributed by atoms with Crippen LogP contribution in [0.2, 0.25) is 5.02 Å². The van der Waals surface area contributed by atoms with Crippen LogP contribution in [0.1, 0.15) is 0 Å². The van der Waals surface area contributed by atoms with Crippen LogP contribution in [0.15, 0.2) is 65.6 Å². The summed E-state index contributed by atoms with van der Waals surface area (Å²) in [5, 5.41) is 4.61. The third kappa shape index (κ3) is 4.78. The molecular weight excluding hydrogens is 469 g/mol. The average Bonchev–Trinajstić information content (AvgIpc) is 2.78. The van der Waals surface area contributed by atoms with E-state index in [-0.39, 0.29) is 16.9 Å². The van der Waals surface area contributed by atoms with Crippen molar-refractivity contribution < 1.29 is 13.2 Å². The Kier molecular flexibility index (Phi) is 6.11. The Morgan fingerprint density at radius 2 is 1.82 bits per heavy atom. The van der Waals surface area contributed by atoms with Crippen molar-refractivity contribution >= 4 is 39.7 Å². The summed E-state index contributed by atoms with van der Waals surface area (Å²) in [5.41, 5.74) is 7.99. The first kappa shape index (κ1) is 23.4. The van der Waals surface area contributed by atoms with E-state index in [0.29, 0.717) is 33.0 Å². The van der Waals surface area contributed by atoms with Gasteiger partial charge in [-0.3, -0.25) is 9.36 Å². The fraction of sp³-hybridized carbons (Fsp3) is 0.130. The number of hydrogen-bond donors (Lipinski definition) is 3. The largest absolute Gasteiger partial charge is 0.405 e. The first-order valence-electron chi connectivity index (χ1n) is 10.0. The zero-order valence-corrected chi connectivity index (χ0v) is 18.7. The summed E-state index contributed by atoms with van der Waals surface area (Å²) < 4.78 is 39.5. The van der Waals surface area contributed by atoms with Crippen molar-refractivity contribution in [3.8, 4) is 16.8 Å². The lowest BCUT2D eigenvalue weighted by Crippen LogP contribution is -2.27. The second kappa shape index (κ2) is 8.88. The van der Waals surface area contributed by atoms with E-state index in [4.69, 9.17) is 23.2 Å². The molecule has 0 amide bonds. The van der Waals surface area contributed by atoms with Crippen LogP contribution in [-0.4, -0.2) is 29.3 Å². The van der Waals surface area contributed by atoms with Gasteiger partial charge in [0.15, 0.2) is 0 Å². The van der Waals surface area contributed by atoms with Gasteiger partial charge in [-0.1, -0.05) is 23.7 Å². The standard InChI is InChI=1S/C23H20ClF3N6O/c1-32(29)18-10-16(7-8-17(18)28)33-11-14-4-9-19(30-12-23(25,26)27)31-21(14)20(22(33)34)13-2-5-15(24)6-3-13/h2-11H,12,28-29H2,1H3,(H,30,31). The first-order valence-corrected chi connectivity index (χ1v) is 10.4. The van der Waals surface area contributed by atoms with E-state index in [0.717, 1.165) is 0 Å². The van der Waals surface area contributed by atoms with E-state index < -0.39 is 18.3 Å². The Bertz CT molecular complexity index is 1420. The third-order valence-corrected chi connectivity index (χ3v) is 5.39. The number of hydrazine groups is 1. The van der Waals surface area contributed by atoms with E-state index in [1.54, 1.807) is 61.8 Å². The molecule has 0 bridgehead atoms. The first-order chi connectivity index (χ1) is 16.0. The molecule has 4 aromatic rings. The highest BCUT2D eigenvalue weighted by atomic mass is 35.5. The summed E-state index contributed by atoms with van der Waals surface area (Å²) >= 11 is 6.01. The van der Waals surface area contributed by atoms with Gasteiger partial charge in [-0.25, -0.2) is 10.8 Å². The molecule has 176 valence electrons. The van der Waals surface area contributed by atoms with Gasteiger partial charge in [0.2, 0.25) is 0 Å². The molecule has 7 nitrogen and oxygen atoms in total. The Morgan fingerprint density at radius 1 is 1.12 bits per heavy atom. The van der Waals surface area contributed by atoms with E-state index in [2.05, 4.69) is 10.3 Å². The van der Waals surface area contributed by atoms with Gasteiger partial charge in [-0.2, -0.15) is 13.2 Å². The Hall–Kier alpha value is -3.76. The van der Waals surface area contributed by atoms with Crippen molar-refractivity contribution in [2.45, 2.75) is 6.18 Å². The van der Waals surface area contributed by atoms with Crippen molar-refractivity contribution in [3.63, 3.8) is 0 Å². The molecule has 2 heterocycles. The molecule has 0 spiro atoms. The minimum Gasteiger partial charge on any atom is -0.397 e. The number of alkyl halides is 3. The van der Waals surface area contributed by atoms with Gasteiger partial charge in [0.05, 0.1) is 28.1 Å². The van der Waals surface area contributed by atoms with E-state index in [9.17, 15) is 18.0 Å². The number of rotatable bonds is 5. The normalized spacial score (nSPS) is 11.6. The van der Waals surface area contributed by atoms with Gasteiger partial charge in [-0.05, 0) is 48.0 Å². The average molecular weight is 489 g/mol. The number of pyridine rings is 2. The van der Waals surface area contributed by atoms with Gasteiger partial charge in [0.1, 0.15) is 12.4 Å². The van der Waals surface area contributed by atoms with Crippen LogP contribution in [0, 0.1) is 0 Å². The molecule has 2 aromatic heterocycles. The fourth-order valence-electron chi connectivity index (χ4n) is 3.54. The molecule has 4 rings (SSSR count). The SMILES string of the molecule is CN(N)c1cc(-n2cc3ccc(NCC(F)(F)F)nc3c(-c3ccc(Cl)cc3)c2=O)ccc1N. The van der Waals surface area contributed by atoms with E-state index in [1.165, 1.54) is 15.6 Å². The molecule has 0 unspecified atom stereocenters. The minimum atomic E-state index is -4.41. The molecule has 0 saturated heterocycles. The molecular formula is C23H20ClF3N6O. The highest BCUT2D eigenvalue weighted by molar-refractivity contribution is 6.30. The monoisotopic (exact) mass is 488 g/mol. The molecule has 0 aliphatic heterocycles. The Balaban J connectivity index is 1.96. The smallest absolute Gasteiger partial charge is 0.397 e. The van der Waals surface area contributed by atoms with Crippen LogP contribution in [0.5, 0.6) is 0 Å². The lowest BCUT2D eigenvalue weighted by molar-refractivity contribution is -0.115.